The lowest BCUT2D eigenvalue weighted by Crippen LogP contribution is -2.52. The molecule has 1 saturated heterocycles. The van der Waals surface area contributed by atoms with Gasteiger partial charge in [0.2, 0.25) is 0 Å². The molecule has 0 radical (unpaired) electrons. The minimum absolute atomic E-state index is 0.355. The molecule has 0 aliphatic carbocycles. The molecule has 0 amide bonds. The summed E-state index contributed by atoms with van der Waals surface area (Å²) in [6.45, 7) is 7.33. The molecule has 1 aliphatic heterocycles. The minimum Gasteiger partial charge on any atom is -0.421 e. The first-order valence-electron chi connectivity index (χ1n) is 7.36. The maximum absolute atomic E-state index is 11.4. The van der Waals surface area contributed by atoms with E-state index >= 15 is 0 Å². The number of hydrogen-bond donors (Lipinski definition) is 1. The smallest absolute Gasteiger partial charge is 0.421 e. The Morgan fingerprint density at radius 3 is 1.54 bits per heavy atom. The molecule has 0 unspecified atom stereocenters. The van der Waals surface area contributed by atoms with Crippen LogP contribution in [0.4, 0.5) is 26.3 Å². The predicted octanol–water partition coefficient (Wildman–Crippen LogP) is 2.06. The number of likely N-dealkylation sites (tertiary alicyclic amines) is 1. The van der Waals surface area contributed by atoms with E-state index in [9.17, 15) is 43.2 Å². The van der Waals surface area contributed by atoms with E-state index in [0.29, 0.717) is 6.61 Å². The van der Waals surface area contributed by atoms with Crippen molar-refractivity contribution >= 4 is 20.0 Å². The molecule has 26 heavy (non-hydrogen) atoms. The molecule has 1 heterocycles. The van der Waals surface area contributed by atoms with Crippen molar-refractivity contribution in [2.45, 2.75) is 37.2 Å². The van der Waals surface area contributed by atoms with E-state index in [0.717, 1.165) is 15.2 Å². The Kier molecular flexibility index (Phi) is 8.81. The number of aliphatic hydroxyl groups excluding tert-OH is 1. The number of hydrogen-bond acceptors (Lipinski definition) is 5. The van der Waals surface area contributed by atoms with E-state index < -0.39 is 31.1 Å². The number of piperidine rings is 1. The predicted molar refractivity (Wildman–Crippen MR) is 79.6 cm³/mol. The molecule has 0 bridgehead atoms. The van der Waals surface area contributed by atoms with Crippen molar-refractivity contribution in [3.05, 3.63) is 4.13 Å². The van der Waals surface area contributed by atoms with Gasteiger partial charge in [0.05, 0.1) is 26.2 Å². The molecule has 0 aromatic rings. The lowest BCUT2D eigenvalue weighted by atomic mass is 10.1. The lowest BCUT2D eigenvalue weighted by molar-refractivity contribution is -0.931. The van der Waals surface area contributed by atoms with Crippen molar-refractivity contribution in [2.24, 2.45) is 0 Å². The maximum Gasteiger partial charge on any atom is 0.480 e. The Hall–Kier alpha value is -0.640. The van der Waals surface area contributed by atoms with Crippen molar-refractivity contribution in [3.8, 4) is 0 Å². The first-order valence-corrected chi connectivity index (χ1v) is 10.2. The standard InChI is InChI=1S/C9H20NO.C2F6NO4S2/c1-2-10(8-9-11)6-4-3-5-7-10;3-1(4,5)14(10,11)9-15(12,13)2(6,7)8/h11H,2-9H2,1H3;/q+1;-1. The summed E-state index contributed by atoms with van der Waals surface area (Å²) in [5, 5.41) is 8.90. The molecule has 7 nitrogen and oxygen atoms in total. The average Bonchev–Trinajstić information content (AvgIpc) is 2.46. The number of likely N-dealkylation sites (N-methyl/N-ethyl adjacent to an activating group) is 1. The van der Waals surface area contributed by atoms with E-state index in [4.69, 9.17) is 5.11 Å². The van der Waals surface area contributed by atoms with Crippen LogP contribution in [0.5, 0.6) is 0 Å². The Morgan fingerprint density at radius 2 is 1.27 bits per heavy atom. The second kappa shape index (κ2) is 9.03. The van der Waals surface area contributed by atoms with Crippen LogP contribution < -0.4 is 0 Å². The molecule has 1 rings (SSSR count). The fourth-order valence-corrected chi connectivity index (χ4v) is 4.02. The molecular formula is C11H20F6N2O5S2. The molecule has 0 atom stereocenters. The number of rotatable bonds is 5. The van der Waals surface area contributed by atoms with Gasteiger partial charge < -0.3 is 13.7 Å². The monoisotopic (exact) mass is 438 g/mol. The average molecular weight is 438 g/mol. The minimum atomic E-state index is -6.72. The summed E-state index contributed by atoms with van der Waals surface area (Å²) in [7, 11) is -13.4. The number of sulfonamides is 2. The summed E-state index contributed by atoms with van der Waals surface area (Å²) < 4.78 is 110. The van der Waals surface area contributed by atoms with Crippen molar-refractivity contribution in [2.75, 3.05) is 32.8 Å². The van der Waals surface area contributed by atoms with Gasteiger partial charge >= 0.3 is 11.0 Å². The number of nitrogens with zero attached hydrogens (tertiary/aromatic N) is 2. The lowest BCUT2D eigenvalue weighted by Gasteiger charge is -2.40. The normalized spacial score (nSPS) is 18.8. The van der Waals surface area contributed by atoms with Gasteiger partial charge in [-0.3, -0.25) is 0 Å². The molecule has 15 heteroatoms. The molecule has 0 aromatic heterocycles. The summed E-state index contributed by atoms with van der Waals surface area (Å²) >= 11 is 0. The SMILES string of the molecule is CC[N+]1(CCO)CCCCC1.O=S(=O)([N-]S(=O)(=O)C(F)(F)F)C(F)(F)F. The molecule has 0 saturated carbocycles. The summed E-state index contributed by atoms with van der Waals surface area (Å²) in [6.07, 6.45) is 4.10. The summed E-state index contributed by atoms with van der Waals surface area (Å²) in [4.78, 5) is 0. The highest BCUT2D eigenvalue weighted by Gasteiger charge is 2.46. The van der Waals surface area contributed by atoms with Crippen molar-refractivity contribution in [1.29, 1.82) is 0 Å². The maximum atomic E-state index is 11.4. The van der Waals surface area contributed by atoms with Gasteiger partial charge in [0.1, 0.15) is 6.54 Å². The van der Waals surface area contributed by atoms with Crippen molar-refractivity contribution < 1.29 is 52.8 Å². The molecule has 158 valence electrons. The van der Waals surface area contributed by atoms with Crippen LogP contribution >= 0.6 is 0 Å². The highest BCUT2D eigenvalue weighted by Crippen LogP contribution is 2.36. The van der Waals surface area contributed by atoms with Crippen LogP contribution in [-0.2, 0) is 20.0 Å². The molecule has 0 spiro atoms. The fourth-order valence-electron chi connectivity index (χ4n) is 2.31. The van der Waals surface area contributed by atoms with E-state index in [1.165, 1.54) is 38.9 Å². The number of quaternary nitrogens is 1. The van der Waals surface area contributed by atoms with E-state index in [2.05, 4.69) is 6.92 Å². The zero-order valence-corrected chi connectivity index (χ0v) is 15.3. The summed E-state index contributed by atoms with van der Waals surface area (Å²) in [6, 6.07) is 0. The zero-order chi connectivity index (χ0) is 20.9. The zero-order valence-electron chi connectivity index (χ0n) is 13.7. The first kappa shape index (κ1) is 25.4. The summed E-state index contributed by atoms with van der Waals surface area (Å²) in [5.41, 5.74) is -12.4. The molecule has 1 aliphatic rings. The quantitative estimate of drug-likeness (QED) is 0.523. The van der Waals surface area contributed by atoms with Gasteiger partial charge in [-0.15, -0.1) is 0 Å². The third-order valence-corrected chi connectivity index (χ3v) is 6.53. The van der Waals surface area contributed by atoms with Gasteiger partial charge in [0.15, 0.2) is 20.0 Å². The van der Waals surface area contributed by atoms with Crippen molar-refractivity contribution in [3.63, 3.8) is 0 Å². The molecule has 1 fully saturated rings. The van der Waals surface area contributed by atoms with Crippen LogP contribution in [0.1, 0.15) is 26.2 Å². The number of halogens is 6. The molecule has 1 N–H and O–H groups in total. The molecular weight excluding hydrogens is 418 g/mol. The Balaban J connectivity index is 0.000000502. The third-order valence-electron chi connectivity index (χ3n) is 3.79. The van der Waals surface area contributed by atoms with Crippen LogP contribution in [0.25, 0.3) is 4.13 Å². The van der Waals surface area contributed by atoms with Gasteiger partial charge in [0.25, 0.3) is 0 Å². The van der Waals surface area contributed by atoms with Crippen LogP contribution in [0.15, 0.2) is 0 Å². The third kappa shape index (κ3) is 7.17. The Labute approximate surface area is 147 Å². The van der Waals surface area contributed by atoms with E-state index in [-0.39, 0.29) is 0 Å². The topological polar surface area (TPSA) is 103 Å². The largest absolute Gasteiger partial charge is 0.480 e. The Morgan fingerprint density at radius 1 is 0.885 bits per heavy atom. The van der Waals surface area contributed by atoms with E-state index in [1.807, 2.05) is 0 Å². The van der Waals surface area contributed by atoms with Gasteiger partial charge in [0, 0.05) is 0 Å². The Bertz CT molecular complexity index is 591. The van der Waals surface area contributed by atoms with Gasteiger partial charge in [-0.1, -0.05) is 0 Å². The van der Waals surface area contributed by atoms with Crippen molar-refractivity contribution in [1.82, 2.24) is 0 Å². The van der Waals surface area contributed by atoms with E-state index in [1.54, 1.807) is 0 Å². The van der Waals surface area contributed by atoms with Gasteiger partial charge in [-0.2, -0.15) is 26.3 Å². The van der Waals surface area contributed by atoms with Gasteiger partial charge in [-0.25, -0.2) is 16.8 Å². The van der Waals surface area contributed by atoms with Crippen LogP contribution in [0, 0.1) is 0 Å². The first-order chi connectivity index (χ1) is 11.5. The molecule has 0 aromatic carbocycles. The van der Waals surface area contributed by atoms with Gasteiger partial charge in [-0.05, 0) is 26.2 Å². The summed E-state index contributed by atoms with van der Waals surface area (Å²) in [5.74, 6) is 0. The highest BCUT2D eigenvalue weighted by molar-refractivity contribution is 8.13. The van der Waals surface area contributed by atoms with Crippen LogP contribution in [-0.4, -0.2) is 70.2 Å². The van der Waals surface area contributed by atoms with Crippen LogP contribution in [0.2, 0.25) is 0 Å². The highest BCUT2D eigenvalue weighted by atomic mass is 32.3. The number of alkyl halides is 6. The second-order valence-electron chi connectivity index (χ2n) is 5.53. The number of aliphatic hydroxyl groups is 1. The van der Waals surface area contributed by atoms with Crippen LogP contribution in [0.3, 0.4) is 0 Å². The second-order valence-corrected chi connectivity index (χ2v) is 8.95. The fraction of sp³-hybridized carbons (Fsp3) is 1.00.